The Bertz CT molecular complexity index is 1800. The van der Waals surface area contributed by atoms with E-state index < -0.39 is 155 Å². The van der Waals surface area contributed by atoms with Gasteiger partial charge in [-0.2, -0.15) is 0 Å². The molecule has 3 aliphatic rings. The van der Waals surface area contributed by atoms with Crippen molar-refractivity contribution in [1.29, 1.82) is 0 Å². The molecule has 2 amide bonds. The summed E-state index contributed by atoms with van der Waals surface area (Å²) in [6.07, 6.45) is 8.30. The summed E-state index contributed by atoms with van der Waals surface area (Å²) in [6, 6.07) is -2.62. The molecule has 0 aliphatic carbocycles. The second kappa shape index (κ2) is 42.2. The van der Waals surface area contributed by atoms with Crippen LogP contribution in [-0.2, 0) is 42.8 Å². The first-order chi connectivity index (χ1) is 39.9. The van der Waals surface area contributed by atoms with Gasteiger partial charge in [0.15, 0.2) is 12.6 Å². The molecule has 0 aromatic rings. The van der Waals surface area contributed by atoms with E-state index in [9.17, 15) is 75.7 Å². The lowest BCUT2D eigenvalue weighted by Crippen LogP contribution is -2.70. The van der Waals surface area contributed by atoms with E-state index >= 15 is 0 Å². The van der Waals surface area contributed by atoms with E-state index in [0.717, 1.165) is 71.1 Å². The van der Waals surface area contributed by atoms with Gasteiger partial charge in [-0.05, 0) is 38.5 Å². The zero-order valence-electron chi connectivity index (χ0n) is 49.8. The quantitative estimate of drug-likeness (QED) is 0.0307. The summed E-state index contributed by atoms with van der Waals surface area (Å²) in [7, 11) is 0. The monoisotopic (exact) mass is 1190 g/mol. The highest BCUT2D eigenvalue weighted by molar-refractivity contribution is 5.77. The van der Waals surface area contributed by atoms with Crippen LogP contribution in [0.3, 0.4) is 0 Å². The lowest BCUT2D eigenvalue weighted by molar-refractivity contribution is -0.386. The highest BCUT2D eigenvalue weighted by Crippen LogP contribution is 2.38. The summed E-state index contributed by atoms with van der Waals surface area (Å²) in [5.41, 5.74) is 0. The molecule has 0 aromatic carbocycles. The van der Waals surface area contributed by atoms with Crippen molar-refractivity contribution < 1.29 is 104 Å². The van der Waals surface area contributed by atoms with Crippen LogP contribution in [0.1, 0.15) is 201 Å². The zero-order chi connectivity index (χ0) is 61.2. The number of nitrogens with one attached hydrogen (secondary N) is 2. The molecule has 0 spiro atoms. The van der Waals surface area contributed by atoms with Gasteiger partial charge >= 0.3 is 5.97 Å². The number of amides is 2. The second-order valence-corrected chi connectivity index (χ2v) is 22.9. The van der Waals surface area contributed by atoms with Gasteiger partial charge in [0.25, 0.3) is 5.79 Å². The predicted molar refractivity (Wildman–Crippen MR) is 306 cm³/mol. The first kappa shape index (κ1) is 74.5. The van der Waals surface area contributed by atoms with E-state index in [0.29, 0.717) is 12.8 Å². The van der Waals surface area contributed by atoms with Gasteiger partial charge in [0.1, 0.15) is 67.1 Å². The molecule has 0 aromatic heterocycles. The van der Waals surface area contributed by atoms with E-state index in [4.69, 9.17) is 28.4 Å². The number of aliphatic carboxylic acids is 1. The largest absolute Gasteiger partial charge is 0.477 e. The number of hydrogen-bond donors (Lipinski definition) is 14. The molecule has 3 heterocycles. The van der Waals surface area contributed by atoms with Crippen molar-refractivity contribution in [3.8, 4) is 0 Å². The van der Waals surface area contributed by atoms with Crippen LogP contribution in [-0.4, -0.2) is 215 Å². The number of aliphatic hydroxyl groups is 11. The first-order valence-corrected chi connectivity index (χ1v) is 31.2. The molecule has 0 radical (unpaired) electrons. The smallest absolute Gasteiger partial charge is 0.364 e. The van der Waals surface area contributed by atoms with Crippen LogP contribution in [0.5, 0.6) is 0 Å². The van der Waals surface area contributed by atoms with Crippen LogP contribution in [0.4, 0.5) is 0 Å². The molecule has 23 nitrogen and oxygen atoms in total. The Kier molecular flexibility index (Phi) is 37.8. The maximum Gasteiger partial charge on any atom is 0.364 e. The van der Waals surface area contributed by atoms with E-state index in [-0.39, 0.29) is 12.3 Å². The molecule has 3 rings (SSSR count). The number of carboxylic acids is 1. The summed E-state index contributed by atoms with van der Waals surface area (Å²) in [5.74, 6) is -6.16. The normalized spacial score (nSPS) is 30.1. The number of aliphatic hydroxyl groups excluding tert-OH is 11. The average Bonchev–Trinajstić information content (AvgIpc) is 3.07. The Hall–Kier alpha value is -2.79. The maximum absolute atomic E-state index is 13.3. The molecule has 484 valence electrons. The van der Waals surface area contributed by atoms with Crippen LogP contribution in [0.25, 0.3) is 0 Å². The van der Waals surface area contributed by atoms with Gasteiger partial charge in [-0.25, -0.2) is 4.79 Å². The number of allylic oxidation sites excluding steroid dienone is 3. The molecule has 0 saturated carbocycles. The van der Waals surface area contributed by atoms with Crippen LogP contribution < -0.4 is 10.6 Å². The third-order valence-electron chi connectivity index (χ3n) is 15.9. The van der Waals surface area contributed by atoms with Crippen molar-refractivity contribution in [2.24, 2.45) is 0 Å². The van der Waals surface area contributed by atoms with Crippen molar-refractivity contribution in [2.75, 3.05) is 26.4 Å². The number of unbranched alkanes of at least 4 members (excludes halogenated alkanes) is 23. The minimum atomic E-state index is -3.08. The number of rotatable bonds is 45. The minimum absolute atomic E-state index is 0.185. The standard InChI is InChI=1S/C60H108N2O21/c1-4-6-8-10-12-14-16-17-18-19-20-21-22-23-24-25-27-29-31-33-42(67)41(62-47(70)34-32-30-28-26-15-13-11-9-7-5-2)39-78-57-52(74)51(73)54(46(38-65)80-57)81-58-53(75)56(50(72)45(37-64)79-58)83-60(59(76)77)35-43(68)48(61-40(3)66)55(82-60)49(71)44(69)36-63/h11,13,31,33,41-46,48-58,63-65,67-69,71-75H,4-10,12,14-30,32,34-39H2,1-3H3,(H,61,66)(H,62,70)(H,76,77)/b13-11-,33-31+. The highest BCUT2D eigenvalue weighted by atomic mass is 16.8. The van der Waals surface area contributed by atoms with Gasteiger partial charge in [0, 0.05) is 19.8 Å². The van der Waals surface area contributed by atoms with Crippen molar-refractivity contribution in [1.82, 2.24) is 10.6 Å². The predicted octanol–water partition coefficient (Wildman–Crippen LogP) is 3.33. The molecule has 3 fully saturated rings. The Morgan fingerprint density at radius 1 is 0.627 bits per heavy atom. The zero-order valence-corrected chi connectivity index (χ0v) is 49.8. The van der Waals surface area contributed by atoms with Crippen LogP contribution in [0.15, 0.2) is 24.3 Å². The summed E-state index contributed by atoms with van der Waals surface area (Å²) in [6.45, 7) is 2.04. The number of carboxylic acid groups (broad SMARTS) is 1. The van der Waals surface area contributed by atoms with Gasteiger partial charge in [-0.3, -0.25) is 9.59 Å². The Morgan fingerprint density at radius 2 is 1.14 bits per heavy atom. The Morgan fingerprint density at radius 3 is 1.67 bits per heavy atom. The molecule has 18 unspecified atom stereocenters. The van der Waals surface area contributed by atoms with Crippen molar-refractivity contribution in [3.63, 3.8) is 0 Å². The topological polar surface area (TPSA) is 373 Å². The summed E-state index contributed by atoms with van der Waals surface area (Å²) in [4.78, 5) is 38.3. The van der Waals surface area contributed by atoms with E-state index in [1.807, 2.05) is 6.08 Å². The maximum atomic E-state index is 13.3. The fourth-order valence-electron chi connectivity index (χ4n) is 10.8. The SMILES string of the molecule is CCCC/C=C\CCCCCCC(=O)NC(COC1OC(CO)C(OC2OC(CO)C(O)C(OC3(C(=O)O)CC(O)C(NC(C)=O)C(C(O)C(O)CO)O3)C2O)C(O)C1O)C(O)/C=C/CCCCCCCCCCCCCCCCCCC. The van der Waals surface area contributed by atoms with Crippen LogP contribution in [0, 0.1) is 0 Å². The molecular formula is C60H108N2O21. The molecule has 83 heavy (non-hydrogen) atoms. The fourth-order valence-corrected chi connectivity index (χ4v) is 10.8. The molecule has 3 saturated heterocycles. The molecule has 18 atom stereocenters. The molecule has 23 heteroatoms. The highest BCUT2D eigenvalue weighted by Gasteiger charge is 2.60. The van der Waals surface area contributed by atoms with Gasteiger partial charge in [-0.15, -0.1) is 0 Å². The van der Waals surface area contributed by atoms with Gasteiger partial charge in [-0.1, -0.05) is 167 Å². The lowest BCUT2D eigenvalue weighted by Gasteiger charge is -2.50. The average molecular weight is 1190 g/mol. The number of carbonyl (C=O) groups excluding carboxylic acids is 2. The number of ether oxygens (including phenoxy) is 6. The number of carbonyl (C=O) groups is 3. The third kappa shape index (κ3) is 26.2. The second-order valence-electron chi connectivity index (χ2n) is 22.9. The van der Waals surface area contributed by atoms with Gasteiger partial charge in [0.2, 0.25) is 11.8 Å². The van der Waals surface area contributed by atoms with Crippen molar-refractivity contribution >= 4 is 17.8 Å². The fraction of sp³-hybridized carbons (Fsp3) is 0.883. The van der Waals surface area contributed by atoms with Gasteiger partial charge < -0.3 is 100 Å². The molecule has 0 bridgehead atoms. The van der Waals surface area contributed by atoms with E-state index in [1.165, 1.54) is 89.9 Å². The van der Waals surface area contributed by atoms with Crippen molar-refractivity contribution in [2.45, 2.75) is 310 Å². The van der Waals surface area contributed by atoms with Crippen molar-refractivity contribution in [3.05, 3.63) is 24.3 Å². The van der Waals surface area contributed by atoms with Gasteiger partial charge in [0.05, 0.1) is 50.7 Å². The minimum Gasteiger partial charge on any atom is -0.477 e. The molecule has 14 N–H and O–H groups in total. The third-order valence-corrected chi connectivity index (χ3v) is 15.9. The molecule has 3 aliphatic heterocycles. The van der Waals surface area contributed by atoms with E-state index in [2.05, 4.69) is 36.6 Å². The molecular weight excluding hydrogens is 1080 g/mol. The van der Waals surface area contributed by atoms with Crippen LogP contribution >= 0.6 is 0 Å². The number of hydrogen-bond acceptors (Lipinski definition) is 20. The Balaban J connectivity index is 1.65. The first-order valence-electron chi connectivity index (χ1n) is 31.2. The lowest BCUT2D eigenvalue weighted by atomic mass is 9.88. The summed E-state index contributed by atoms with van der Waals surface area (Å²) >= 11 is 0. The summed E-state index contributed by atoms with van der Waals surface area (Å²) in [5, 5.41) is 135. The van der Waals surface area contributed by atoms with E-state index in [1.54, 1.807) is 6.08 Å². The summed E-state index contributed by atoms with van der Waals surface area (Å²) < 4.78 is 34.6. The Labute approximate surface area is 492 Å². The van der Waals surface area contributed by atoms with Crippen LogP contribution in [0.2, 0.25) is 0 Å².